The number of rotatable bonds is 8. The summed E-state index contributed by atoms with van der Waals surface area (Å²) in [5.41, 5.74) is 2.26. The predicted molar refractivity (Wildman–Crippen MR) is 136 cm³/mol. The molecule has 9 nitrogen and oxygen atoms in total. The molecule has 2 amide bonds. The summed E-state index contributed by atoms with van der Waals surface area (Å²) in [5, 5.41) is 15.0. The van der Waals surface area contributed by atoms with Gasteiger partial charge in [-0.05, 0) is 81.6 Å². The topological polar surface area (TPSA) is 110 Å². The molecule has 9 heteroatoms. The lowest BCUT2D eigenvalue weighted by atomic mass is 9.98. The van der Waals surface area contributed by atoms with Crippen LogP contribution in [-0.4, -0.2) is 52.6 Å². The van der Waals surface area contributed by atoms with E-state index in [0.717, 1.165) is 62.9 Å². The largest absolute Gasteiger partial charge is 0.457 e. The van der Waals surface area contributed by atoms with Gasteiger partial charge in [0.05, 0.1) is 0 Å². The molecule has 3 aromatic rings. The van der Waals surface area contributed by atoms with Gasteiger partial charge in [-0.1, -0.05) is 6.07 Å². The van der Waals surface area contributed by atoms with Crippen molar-refractivity contribution in [3.8, 4) is 23.0 Å². The maximum Gasteiger partial charge on any atom is 0.251 e. The minimum Gasteiger partial charge on any atom is -0.457 e. The van der Waals surface area contributed by atoms with Crippen molar-refractivity contribution in [2.45, 2.75) is 57.0 Å². The summed E-state index contributed by atoms with van der Waals surface area (Å²) < 4.78 is 12.4. The van der Waals surface area contributed by atoms with Gasteiger partial charge in [-0.2, -0.15) is 0 Å². The Morgan fingerprint density at radius 1 is 1.08 bits per heavy atom. The van der Waals surface area contributed by atoms with Crippen LogP contribution in [0.5, 0.6) is 11.5 Å². The van der Waals surface area contributed by atoms with Crippen LogP contribution in [0.25, 0.3) is 11.5 Å². The van der Waals surface area contributed by atoms with Gasteiger partial charge in [0.1, 0.15) is 11.5 Å². The van der Waals surface area contributed by atoms with Crippen molar-refractivity contribution in [3.05, 3.63) is 59.5 Å². The molecule has 1 aliphatic carbocycles. The maximum absolute atomic E-state index is 12.3. The van der Waals surface area contributed by atoms with Crippen LogP contribution in [0.2, 0.25) is 0 Å². The predicted octanol–water partition coefficient (Wildman–Crippen LogP) is 4.01. The lowest BCUT2D eigenvalue weighted by Gasteiger charge is -2.19. The number of piperidine rings is 1. The van der Waals surface area contributed by atoms with Crippen molar-refractivity contribution in [2.24, 2.45) is 0 Å². The fraction of sp³-hybridized carbons (Fsp3) is 0.429. The first kappa shape index (κ1) is 23.7. The van der Waals surface area contributed by atoms with Crippen molar-refractivity contribution in [1.29, 1.82) is 0 Å². The SMILES string of the molecule is O=C(NC1CC1)c1ccc(Oc2cc(-c3nnc(C4CCNCC4)o3)ccc2CN2CCCC2=O)cc1. The van der Waals surface area contributed by atoms with E-state index >= 15 is 0 Å². The third-order valence-corrected chi connectivity index (χ3v) is 7.23. The molecule has 0 radical (unpaired) electrons. The molecule has 6 rings (SSSR count). The Balaban J connectivity index is 1.25. The third kappa shape index (κ3) is 5.51. The average Bonchev–Trinajstić information content (AvgIpc) is 3.43. The van der Waals surface area contributed by atoms with Gasteiger partial charge >= 0.3 is 0 Å². The number of benzene rings is 2. The minimum atomic E-state index is -0.0646. The van der Waals surface area contributed by atoms with Crippen LogP contribution >= 0.6 is 0 Å². The van der Waals surface area contributed by atoms with Gasteiger partial charge in [0.25, 0.3) is 5.91 Å². The van der Waals surface area contributed by atoms with E-state index in [1.165, 1.54) is 0 Å². The number of aromatic nitrogens is 2. The van der Waals surface area contributed by atoms with Crippen LogP contribution in [0.4, 0.5) is 0 Å². The highest BCUT2D eigenvalue weighted by Gasteiger charge is 2.25. The molecule has 3 heterocycles. The normalized spacial score (nSPS) is 18.3. The first-order valence-corrected chi connectivity index (χ1v) is 13.2. The minimum absolute atomic E-state index is 0.0646. The van der Waals surface area contributed by atoms with Crippen LogP contribution in [-0.2, 0) is 11.3 Å². The van der Waals surface area contributed by atoms with E-state index in [-0.39, 0.29) is 17.7 Å². The van der Waals surface area contributed by atoms with Crippen molar-refractivity contribution >= 4 is 11.8 Å². The monoisotopic (exact) mass is 501 g/mol. The van der Waals surface area contributed by atoms with E-state index in [4.69, 9.17) is 9.15 Å². The highest BCUT2D eigenvalue weighted by molar-refractivity contribution is 5.94. The molecular formula is C28H31N5O4. The number of amides is 2. The number of hydrogen-bond acceptors (Lipinski definition) is 7. The zero-order valence-corrected chi connectivity index (χ0v) is 20.7. The quantitative estimate of drug-likeness (QED) is 0.480. The summed E-state index contributed by atoms with van der Waals surface area (Å²) in [4.78, 5) is 26.5. The Kier molecular flexibility index (Phi) is 6.61. The summed E-state index contributed by atoms with van der Waals surface area (Å²) in [6, 6.07) is 13.2. The van der Waals surface area contributed by atoms with Crippen molar-refractivity contribution in [1.82, 2.24) is 25.7 Å². The van der Waals surface area contributed by atoms with Gasteiger partial charge < -0.3 is 24.7 Å². The molecule has 2 N–H and O–H groups in total. The Hall–Kier alpha value is -3.72. The molecule has 0 unspecified atom stereocenters. The molecular weight excluding hydrogens is 470 g/mol. The van der Waals surface area contributed by atoms with E-state index in [0.29, 0.717) is 47.9 Å². The summed E-state index contributed by atoms with van der Waals surface area (Å²) in [6.45, 7) is 3.12. The fourth-order valence-electron chi connectivity index (χ4n) is 4.87. The lowest BCUT2D eigenvalue weighted by Crippen LogP contribution is -2.26. The van der Waals surface area contributed by atoms with Gasteiger partial charge in [-0.25, -0.2) is 0 Å². The molecule has 2 aliphatic heterocycles. The standard InChI is InChI=1S/C28H31N5O4/c34-25-2-1-15-33(25)17-21-4-3-20(28-32-31-27(37-28)19-11-13-29-14-12-19)16-24(21)36-23-9-5-18(6-10-23)26(35)30-22-7-8-22/h3-6,9-10,16,19,22,29H,1-2,7-8,11-15,17H2,(H,30,35). The molecule has 192 valence electrons. The lowest BCUT2D eigenvalue weighted by molar-refractivity contribution is -0.128. The number of carbonyl (C=O) groups is 2. The number of likely N-dealkylation sites (tertiary alicyclic amines) is 1. The summed E-state index contributed by atoms with van der Waals surface area (Å²) in [6.07, 6.45) is 5.51. The second-order valence-electron chi connectivity index (χ2n) is 10.1. The molecule has 3 aliphatic rings. The van der Waals surface area contributed by atoms with Gasteiger partial charge in [-0.15, -0.1) is 10.2 Å². The first-order valence-electron chi connectivity index (χ1n) is 13.2. The molecule has 0 bridgehead atoms. The smallest absolute Gasteiger partial charge is 0.251 e. The van der Waals surface area contributed by atoms with Crippen LogP contribution < -0.4 is 15.4 Å². The van der Waals surface area contributed by atoms with E-state index in [9.17, 15) is 9.59 Å². The molecule has 2 aromatic carbocycles. The zero-order valence-electron chi connectivity index (χ0n) is 20.7. The maximum atomic E-state index is 12.3. The van der Waals surface area contributed by atoms with Gasteiger partial charge in [-0.3, -0.25) is 9.59 Å². The van der Waals surface area contributed by atoms with E-state index in [1.807, 2.05) is 23.1 Å². The Labute approximate surface area is 215 Å². The van der Waals surface area contributed by atoms with Crippen molar-refractivity contribution < 1.29 is 18.7 Å². The average molecular weight is 502 g/mol. The number of nitrogens with zero attached hydrogens (tertiary/aromatic N) is 3. The Morgan fingerprint density at radius 3 is 2.62 bits per heavy atom. The van der Waals surface area contributed by atoms with Crippen LogP contribution in [0, 0.1) is 0 Å². The molecule has 1 saturated carbocycles. The zero-order chi connectivity index (χ0) is 25.2. The molecule has 1 aromatic heterocycles. The second kappa shape index (κ2) is 10.3. The van der Waals surface area contributed by atoms with Crippen LogP contribution in [0.1, 0.15) is 66.3 Å². The Bertz CT molecular complexity index is 1280. The van der Waals surface area contributed by atoms with E-state index in [1.54, 1.807) is 24.3 Å². The number of carbonyl (C=O) groups excluding carboxylic acids is 2. The van der Waals surface area contributed by atoms with Gasteiger partial charge in [0, 0.05) is 48.2 Å². The molecule has 2 saturated heterocycles. The Morgan fingerprint density at radius 2 is 1.89 bits per heavy atom. The summed E-state index contributed by atoms with van der Waals surface area (Å²) in [7, 11) is 0. The molecule has 3 fully saturated rings. The fourth-order valence-corrected chi connectivity index (χ4v) is 4.87. The van der Waals surface area contributed by atoms with E-state index < -0.39 is 0 Å². The number of nitrogens with one attached hydrogen (secondary N) is 2. The van der Waals surface area contributed by atoms with Crippen molar-refractivity contribution in [3.63, 3.8) is 0 Å². The van der Waals surface area contributed by atoms with Crippen LogP contribution in [0.15, 0.2) is 46.9 Å². The van der Waals surface area contributed by atoms with Crippen molar-refractivity contribution in [2.75, 3.05) is 19.6 Å². The van der Waals surface area contributed by atoms with E-state index in [2.05, 4.69) is 20.8 Å². The molecule has 0 atom stereocenters. The summed E-state index contributed by atoms with van der Waals surface area (Å²) >= 11 is 0. The number of hydrogen-bond donors (Lipinski definition) is 2. The highest BCUT2D eigenvalue weighted by atomic mass is 16.5. The van der Waals surface area contributed by atoms with Gasteiger partial charge in [0.15, 0.2) is 0 Å². The number of ether oxygens (including phenoxy) is 1. The second-order valence-corrected chi connectivity index (χ2v) is 10.1. The molecule has 0 spiro atoms. The molecule has 37 heavy (non-hydrogen) atoms. The summed E-state index contributed by atoms with van der Waals surface area (Å²) in [5.74, 6) is 2.72. The third-order valence-electron chi connectivity index (χ3n) is 7.23. The van der Waals surface area contributed by atoms with Crippen LogP contribution in [0.3, 0.4) is 0 Å². The first-order chi connectivity index (χ1) is 18.1. The van der Waals surface area contributed by atoms with Gasteiger partial charge in [0.2, 0.25) is 17.7 Å². The highest BCUT2D eigenvalue weighted by Crippen LogP contribution is 2.34.